The zero-order chi connectivity index (χ0) is 17.6. The van der Waals surface area contributed by atoms with Gasteiger partial charge in [-0.2, -0.15) is 0 Å². The number of anilines is 1. The highest BCUT2D eigenvalue weighted by Gasteiger charge is 2.52. The van der Waals surface area contributed by atoms with E-state index in [1.807, 2.05) is 66.4 Å². The van der Waals surface area contributed by atoms with Crippen molar-refractivity contribution >= 4 is 17.6 Å². The molecule has 2 aliphatic heterocycles. The van der Waals surface area contributed by atoms with Crippen LogP contribution in [0.3, 0.4) is 0 Å². The number of para-hydroxylation sites is 1. The molecule has 0 spiro atoms. The summed E-state index contributed by atoms with van der Waals surface area (Å²) in [7, 11) is 1.77. The summed E-state index contributed by atoms with van der Waals surface area (Å²) >= 11 is 0. The summed E-state index contributed by atoms with van der Waals surface area (Å²) in [6, 6.07) is 17.1. The molecule has 1 N–H and O–H groups in total. The number of hydrogen-bond acceptors (Lipinski definition) is 2. The number of amides is 3. The normalized spacial score (nSPS) is 25.8. The Kier molecular flexibility index (Phi) is 3.71. The van der Waals surface area contributed by atoms with Gasteiger partial charge in [-0.15, -0.1) is 0 Å². The van der Waals surface area contributed by atoms with Crippen LogP contribution in [0.1, 0.15) is 17.2 Å². The topological polar surface area (TPSA) is 52.7 Å². The fourth-order valence-electron chi connectivity index (χ4n) is 3.97. The van der Waals surface area contributed by atoms with Gasteiger partial charge in [0.15, 0.2) is 0 Å². The Morgan fingerprint density at radius 3 is 2.40 bits per heavy atom. The first kappa shape index (κ1) is 15.7. The van der Waals surface area contributed by atoms with Crippen molar-refractivity contribution in [1.82, 2.24) is 10.2 Å². The molecule has 2 aliphatic rings. The van der Waals surface area contributed by atoms with Gasteiger partial charge in [0, 0.05) is 19.3 Å². The molecule has 3 atom stereocenters. The molecule has 5 nitrogen and oxygen atoms in total. The summed E-state index contributed by atoms with van der Waals surface area (Å²) in [5.41, 5.74) is 2.96. The van der Waals surface area contributed by atoms with E-state index in [4.69, 9.17) is 0 Å². The second kappa shape index (κ2) is 5.92. The van der Waals surface area contributed by atoms with Crippen molar-refractivity contribution in [3.63, 3.8) is 0 Å². The number of nitrogens with zero attached hydrogens (tertiary/aromatic N) is 2. The van der Waals surface area contributed by atoms with E-state index in [1.165, 1.54) is 0 Å². The predicted octanol–water partition coefficient (Wildman–Crippen LogP) is 2.72. The Morgan fingerprint density at radius 1 is 1.00 bits per heavy atom. The van der Waals surface area contributed by atoms with Crippen LogP contribution in [0.25, 0.3) is 0 Å². The van der Waals surface area contributed by atoms with Crippen molar-refractivity contribution < 1.29 is 9.59 Å². The lowest BCUT2D eigenvalue weighted by atomic mass is 9.86. The van der Waals surface area contributed by atoms with Crippen LogP contribution in [-0.4, -0.2) is 36.5 Å². The van der Waals surface area contributed by atoms with Crippen LogP contribution in [0, 0.1) is 12.8 Å². The van der Waals surface area contributed by atoms with Gasteiger partial charge >= 0.3 is 6.03 Å². The maximum absolute atomic E-state index is 13.3. The molecule has 0 aromatic heterocycles. The van der Waals surface area contributed by atoms with Crippen molar-refractivity contribution in [3.05, 3.63) is 65.7 Å². The first-order valence-electron chi connectivity index (χ1n) is 8.53. The van der Waals surface area contributed by atoms with Crippen LogP contribution in [0.15, 0.2) is 54.6 Å². The Morgan fingerprint density at radius 2 is 1.68 bits per heavy atom. The SMILES string of the molecule is Cc1ccccc1N1CC2C(C1=O)C(c1ccccc1)NC(=O)N2C. The van der Waals surface area contributed by atoms with Gasteiger partial charge in [0.25, 0.3) is 0 Å². The number of hydrogen-bond donors (Lipinski definition) is 1. The van der Waals surface area contributed by atoms with Crippen molar-refractivity contribution in [2.45, 2.75) is 19.0 Å². The Balaban J connectivity index is 1.75. The third kappa shape index (κ3) is 2.47. The molecule has 2 saturated heterocycles. The molecule has 3 amide bonds. The van der Waals surface area contributed by atoms with E-state index in [9.17, 15) is 9.59 Å². The zero-order valence-corrected chi connectivity index (χ0v) is 14.3. The molecule has 5 heteroatoms. The summed E-state index contributed by atoms with van der Waals surface area (Å²) in [5.74, 6) is -0.218. The van der Waals surface area contributed by atoms with Gasteiger partial charge < -0.3 is 15.1 Å². The third-order valence-electron chi connectivity index (χ3n) is 5.36. The maximum Gasteiger partial charge on any atom is 0.317 e. The number of nitrogens with one attached hydrogen (secondary N) is 1. The lowest BCUT2D eigenvalue weighted by Gasteiger charge is -2.39. The predicted molar refractivity (Wildman–Crippen MR) is 96.3 cm³/mol. The summed E-state index contributed by atoms with van der Waals surface area (Å²) in [6.07, 6.45) is 0. The fraction of sp³-hybridized carbons (Fsp3) is 0.300. The lowest BCUT2D eigenvalue weighted by molar-refractivity contribution is -0.122. The van der Waals surface area contributed by atoms with E-state index in [2.05, 4.69) is 5.32 Å². The summed E-state index contributed by atoms with van der Waals surface area (Å²) in [6.45, 7) is 2.54. The van der Waals surface area contributed by atoms with Crippen LogP contribution < -0.4 is 10.2 Å². The molecule has 2 fully saturated rings. The minimum absolute atomic E-state index is 0.0694. The smallest absolute Gasteiger partial charge is 0.317 e. The molecular formula is C20H21N3O2. The zero-order valence-electron chi connectivity index (χ0n) is 14.3. The number of aryl methyl sites for hydroxylation is 1. The van der Waals surface area contributed by atoms with E-state index in [-0.39, 0.29) is 29.9 Å². The molecule has 0 radical (unpaired) electrons. The van der Waals surface area contributed by atoms with E-state index < -0.39 is 0 Å². The average molecular weight is 335 g/mol. The summed E-state index contributed by atoms with van der Waals surface area (Å²) in [5, 5.41) is 3.01. The number of carbonyl (C=O) groups excluding carboxylic acids is 2. The van der Waals surface area contributed by atoms with Gasteiger partial charge in [-0.05, 0) is 24.1 Å². The van der Waals surface area contributed by atoms with Crippen molar-refractivity contribution in [1.29, 1.82) is 0 Å². The van der Waals surface area contributed by atoms with E-state index in [1.54, 1.807) is 11.9 Å². The number of rotatable bonds is 2. The Labute approximate surface area is 147 Å². The molecule has 4 rings (SSSR count). The average Bonchev–Trinajstić information content (AvgIpc) is 2.97. The van der Waals surface area contributed by atoms with Gasteiger partial charge in [0.2, 0.25) is 5.91 Å². The quantitative estimate of drug-likeness (QED) is 0.917. The van der Waals surface area contributed by atoms with E-state index >= 15 is 0 Å². The lowest BCUT2D eigenvalue weighted by Crippen LogP contribution is -2.57. The molecular weight excluding hydrogens is 314 g/mol. The molecule has 0 saturated carbocycles. The highest BCUT2D eigenvalue weighted by Crippen LogP contribution is 2.39. The van der Waals surface area contributed by atoms with Crippen molar-refractivity contribution in [3.8, 4) is 0 Å². The van der Waals surface area contributed by atoms with E-state index in [0.29, 0.717) is 6.54 Å². The number of fused-ring (bicyclic) bond motifs is 1. The van der Waals surface area contributed by atoms with Crippen LogP contribution >= 0.6 is 0 Å². The summed E-state index contributed by atoms with van der Waals surface area (Å²) in [4.78, 5) is 29.2. The molecule has 2 heterocycles. The minimum atomic E-state index is -0.295. The van der Waals surface area contributed by atoms with Crippen LogP contribution in [0.5, 0.6) is 0 Å². The largest absolute Gasteiger partial charge is 0.330 e. The van der Waals surface area contributed by atoms with Gasteiger partial charge in [-0.1, -0.05) is 48.5 Å². The highest BCUT2D eigenvalue weighted by molar-refractivity contribution is 6.00. The molecule has 2 aromatic rings. The Hall–Kier alpha value is -2.82. The second-order valence-electron chi connectivity index (χ2n) is 6.78. The molecule has 2 aromatic carbocycles. The monoisotopic (exact) mass is 335 g/mol. The minimum Gasteiger partial charge on any atom is -0.330 e. The van der Waals surface area contributed by atoms with Crippen LogP contribution in [0.4, 0.5) is 10.5 Å². The third-order valence-corrected chi connectivity index (χ3v) is 5.36. The number of likely N-dealkylation sites (N-methyl/N-ethyl adjacent to an activating group) is 1. The molecule has 128 valence electrons. The van der Waals surface area contributed by atoms with Crippen molar-refractivity contribution in [2.24, 2.45) is 5.92 Å². The van der Waals surface area contributed by atoms with Gasteiger partial charge in [-0.25, -0.2) is 4.79 Å². The first-order valence-corrected chi connectivity index (χ1v) is 8.53. The molecule has 25 heavy (non-hydrogen) atoms. The van der Waals surface area contributed by atoms with Gasteiger partial charge in [0.1, 0.15) is 0 Å². The standard InChI is InChI=1S/C20H21N3O2/c1-13-8-6-7-11-15(13)23-12-16-17(19(23)24)18(21-20(25)22(16)2)14-9-4-3-5-10-14/h3-11,16-18H,12H2,1-2H3,(H,21,25). The number of urea groups is 1. The molecule has 0 aliphatic carbocycles. The Bertz CT molecular complexity index is 821. The fourth-order valence-corrected chi connectivity index (χ4v) is 3.97. The van der Waals surface area contributed by atoms with Crippen molar-refractivity contribution in [2.75, 3.05) is 18.5 Å². The van der Waals surface area contributed by atoms with Crippen LogP contribution in [0.2, 0.25) is 0 Å². The molecule has 0 bridgehead atoms. The summed E-state index contributed by atoms with van der Waals surface area (Å²) < 4.78 is 0. The number of benzene rings is 2. The van der Waals surface area contributed by atoms with Crippen LogP contribution in [-0.2, 0) is 4.79 Å². The highest BCUT2D eigenvalue weighted by atomic mass is 16.2. The van der Waals surface area contributed by atoms with Gasteiger partial charge in [0.05, 0.1) is 18.0 Å². The maximum atomic E-state index is 13.3. The van der Waals surface area contributed by atoms with Gasteiger partial charge in [-0.3, -0.25) is 4.79 Å². The van der Waals surface area contributed by atoms with E-state index in [0.717, 1.165) is 16.8 Å². The molecule has 3 unspecified atom stereocenters. The second-order valence-corrected chi connectivity index (χ2v) is 6.78. The first-order chi connectivity index (χ1) is 12.1. The number of carbonyl (C=O) groups is 2.